The molecule has 0 atom stereocenters. The number of aromatic nitrogens is 3. The van der Waals surface area contributed by atoms with Crippen molar-refractivity contribution in [3.63, 3.8) is 0 Å². The highest BCUT2D eigenvalue weighted by atomic mass is 16.5. The maximum absolute atomic E-state index is 6.40. The second-order valence-corrected chi connectivity index (χ2v) is 11.6. The predicted molar refractivity (Wildman–Crippen MR) is 183 cm³/mol. The summed E-state index contributed by atoms with van der Waals surface area (Å²) >= 11 is 0. The highest BCUT2D eigenvalue weighted by Crippen LogP contribution is 2.34. The summed E-state index contributed by atoms with van der Waals surface area (Å²) in [5, 5.41) is 0. The van der Waals surface area contributed by atoms with Gasteiger partial charge in [0.25, 0.3) is 0 Å². The lowest BCUT2D eigenvalue weighted by molar-refractivity contribution is 0.358. The highest BCUT2D eigenvalue weighted by molar-refractivity contribution is 5.46. The molecule has 3 aromatic carbocycles. The lowest BCUT2D eigenvalue weighted by Crippen LogP contribution is -2.06. The van der Waals surface area contributed by atoms with Gasteiger partial charge in [-0.3, -0.25) is 0 Å². The Bertz CT molecular complexity index is 1500. The van der Waals surface area contributed by atoms with Gasteiger partial charge in [0.2, 0.25) is 0 Å². The summed E-state index contributed by atoms with van der Waals surface area (Å²) in [6, 6.07) is 18.3. The first-order valence-corrected chi connectivity index (χ1v) is 15.7. The number of ether oxygens (including phenoxy) is 3. The number of hydrogen-bond acceptors (Lipinski definition) is 6. The van der Waals surface area contributed by atoms with Crippen LogP contribution in [0.1, 0.15) is 74.9 Å². The van der Waals surface area contributed by atoms with E-state index in [9.17, 15) is 0 Å². The minimum atomic E-state index is 0.0763. The summed E-state index contributed by atoms with van der Waals surface area (Å²) in [5.41, 5.74) is 9.80. The van der Waals surface area contributed by atoms with E-state index in [-0.39, 0.29) is 18.0 Å². The first kappa shape index (κ1) is 33.2. The van der Waals surface area contributed by atoms with E-state index in [1.807, 2.05) is 57.2 Å². The van der Waals surface area contributed by atoms with E-state index in [0.717, 1.165) is 52.7 Å². The van der Waals surface area contributed by atoms with Crippen LogP contribution in [0.5, 0.6) is 35.3 Å². The zero-order valence-electron chi connectivity index (χ0n) is 27.6. The molecule has 4 rings (SSSR count). The van der Waals surface area contributed by atoms with Crippen LogP contribution < -0.4 is 14.2 Å². The van der Waals surface area contributed by atoms with Crippen LogP contribution >= 0.6 is 0 Å². The lowest BCUT2D eigenvalue weighted by atomic mass is 9.98. The van der Waals surface area contributed by atoms with Crippen LogP contribution in [0.4, 0.5) is 0 Å². The number of aryl methyl sites for hydroxylation is 3. The topological polar surface area (TPSA) is 66.4 Å². The van der Waals surface area contributed by atoms with Crippen molar-refractivity contribution in [2.45, 2.75) is 80.1 Å². The average Bonchev–Trinajstić information content (AvgIpc) is 2.99. The number of allylic oxidation sites excluding steroid dienone is 3. The minimum Gasteiger partial charge on any atom is -0.424 e. The van der Waals surface area contributed by atoms with Gasteiger partial charge in [-0.1, -0.05) is 93.6 Å². The molecule has 4 aromatic rings. The molecular weight excluding hydrogens is 558 g/mol. The van der Waals surface area contributed by atoms with Crippen molar-refractivity contribution in [2.75, 3.05) is 0 Å². The quantitative estimate of drug-likeness (QED) is 0.126. The molecule has 0 saturated heterocycles. The van der Waals surface area contributed by atoms with E-state index in [0.29, 0.717) is 36.5 Å². The molecule has 1 heterocycles. The number of rotatable bonds is 15. The molecule has 0 amide bonds. The van der Waals surface area contributed by atoms with Gasteiger partial charge in [0.15, 0.2) is 0 Å². The first-order valence-electron chi connectivity index (χ1n) is 15.7. The standard InChI is InChI=1S/C39H45N3O3/c1-10-28-16-13-19-34(31(28)22-25(4)5)43-37-40-38(44-35-20-14-17-29(11-2)32(35)23-26(6)7)42-39(41-37)45-36-21-15-18-30(12-3)33(36)24-27(8)9/h13-21H,4,6,8,10-12,22-24H2,1-3,5,7,9H3. The molecule has 6 heteroatoms. The van der Waals surface area contributed by atoms with Gasteiger partial charge in [-0.2, -0.15) is 0 Å². The van der Waals surface area contributed by atoms with Gasteiger partial charge in [-0.25, -0.2) is 0 Å². The lowest BCUT2D eigenvalue weighted by Gasteiger charge is -2.17. The zero-order chi connectivity index (χ0) is 32.5. The zero-order valence-corrected chi connectivity index (χ0v) is 27.6. The molecule has 6 nitrogen and oxygen atoms in total. The van der Waals surface area contributed by atoms with E-state index >= 15 is 0 Å². The van der Waals surface area contributed by atoms with Crippen LogP contribution in [0, 0.1) is 0 Å². The summed E-state index contributed by atoms with van der Waals surface area (Å²) in [5.74, 6) is 1.98. The Morgan fingerprint density at radius 3 is 0.978 bits per heavy atom. The van der Waals surface area contributed by atoms with Gasteiger partial charge in [-0.15, -0.1) is 15.0 Å². The Morgan fingerprint density at radius 1 is 0.489 bits per heavy atom. The van der Waals surface area contributed by atoms with Crippen molar-refractivity contribution < 1.29 is 14.2 Å². The summed E-state index contributed by atoms with van der Waals surface area (Å²) in [4.78, 5) is 13.8. The smallest absolute Gasteiger partial charge is 0.331 e. The van der Waals surface area contributed by atoms with Gasteiger partial charge in [0.1, 0.15) is 17.2 Å². The third-order valence-electron chi connectivity index (χ3n) is 7.45. The minimum absolute atomic E-state index is 0.0763. The summed E-state index contributed by atoms with van der Waals surface area (Å²) in [6.45, 7) is 24.8. The van der Waals surface area contributed by atoms with Crippen molar-refractivity contribution in [2.24, 2.45) is 0 Å². The molecule has 0 saturated carbocycles. The van der Waals surface area contributed by atoms with Gasteiger partial charge in [-0.05, 0) is 94.2 Å². The third-order valence-corrected chi connectivity index (χ3v) is 7.45. The molecule has 0 aliphatic rings. The third kappa shape index (κ3) is 8.69. The molecule has 0 N–H and O–H groups in total. The normalized spacial score (nSPS) is 10.8. The van der Waals surface area contributed by atoms with Gasteiger partial charge in [0.05, 0.1) is 0 Å². The SMILES string of the molecule is C=C(C)Cc1c(CC)cccc1Oc1nc(Oc2cccc(CC)c2CC(=C)C)nc(Oc2cccc(CC)c2CC(=C)C)n1. The molecule has 0 aliphatic carbocycles. The predicted octanol–water partition coefficient (Wildman–Crippen LogP) is 10.3. The molecule has 0 unspecified atom stereocenters. The van der Waals surface area contributed by atoms with Crippen molar-refractivity contribution in [1.82, 2.24) is 15.0 Å². The number of benzene rings is 3. The van der Waals surface area contributed by atoms with Crippen LogP contribution in [0.2, 0.25) is 0 Å². The van der Waals surface area contributed by atoms with E-state index < -0.39 is 0 Å². The second kappa shape index (κ2) is 15.3. The van der Waals surface area contributed by atoms with Crippen LogP contribution in [-0.2, 0) is 38.5 Å². The molecule has 0 spiro atoms. The van der Waals surface area contributed by atoms with Crippen molar-refractivity contribution >= 4 is 0 Å². The molecule has 0 aliphatic heterocycles. The average molecular weight is 604 g/mol. The van der Waals surface area contributed by atoms with Gasteiger partial charge in [0, 0.05) is 16.7 Å². The Labute approximate surface area is 268 Å². The van der Waals surface area contributed by atoms with Crippen LogP contribution in [0.3, 0.4) is 0 Å². The van der Waals surface area contributed by atoms with E-state index in [1.165, 1.54) is 16.7 Å². The second-order valence-electron chi connectivity index (χ2n) is 11.6. The fourth-order valence-corrected chi connectivity index (χ4v) is 5.37. The molecule has 0 bridgehead atoms. The fraction of sp³-hybridized carbons (Fsp3) is 0.308. The maximum Gasteiger partial charge on any atom is 0.331 e. The van der Waals surface area contributed by atoms with Crippen molar-refractivity contribution in [3.05, 3.63) is 124 Å². The summed E-state index contributed by atoms with van der Waals surface area (Å²) in [7, 11) is 0. The Morgan fingerprint density at radius 2 is 0.756 bits per heavy atom. The van der Waals surface area contributed by atoms with E-state index in [1.54, 1.807) is 0 Å². The van der Waals surface area contributed by atoms with E-state index in [2.05, 4.69) is 73.7 Å². The fourth-order valence-electron chi connectivity index (χ4n) is 5.37. The van der Waals surface area contributed by atoms with Gasteiger partial charge < -0.3 is 14.2 Å². The summed E-state index contributed by atoms with van der Waals surface area (Å²) < 4.78 is 19.2. The Kier molecular flexibility index (Phi) is 11.3. The Hall–Kier alpha value is -4.71. The van der Waals surface area contributed by atoms with Crippen LogP contribution in [0.25, 0.3) is 0 Å². The molecular formula is C39H45N3O3. The van der Waals surface area contributed by atoms with E-state index in [4.69, 9.17) is 14.2 Å². The molecule has 0 radical (unpaired) electrons. The monoisotopic (exact) mass is 603 g/mol. The summed E-state index contributed by atoms with van der Waals surface area (Å²) in [6.07, 6.45) is 4.62. The first-order chi connectivity index (χ1) is 21.6. The van der Waals surface area contributed by atoms with Crippen LogP contribution in [0.15, 0.2) is 91.1 Å². The largest absolute Gasteiger partial charge is 0.424 e. The number of nitrogens with zero attached hydrogens (tertiary/aromatic N) is 3. The Balaban J connectivity index is 1.83. The maximum atomic E-state index is 6.40. The molecule has 0 fully saturated rings. The highest BCUT2D eigenvalue weighted by Gasteiger charge is 2.19. The van der Waals surface area contributed by atoms with Crippen molar-refractivity contribution in [1.29, 1.82) is 0 Å². The van der Waals surface area contributed by atoms with Crippen LogP contribution in [-0.4, -0.2) is 15.0 Å². The van der Waals surface area contributed by atoms with Crippen molar-refractivity contribution in [3.8, 4) is 35.3 Å². The number of hydrogen-bond donors (Lipinski definition) is 0. The van der Waals surface area contributed by atoms with Gasteiger partial charge >= 0.3 is 18.0 Å². The molecule has 45 heavy (non-hydrogen) atoms. The molecule has 1 aromatic heterocycles. The molecule has 234 valence electrons.